The third kappa shape index (κ3) is 3.96. The lowest BCUT2D eigenvalue weighted by molar-refractivity contribution is -0.119. The summed E-state index contributed by atoms with van der Waals surface area (Å²) in [7, 11) is 1.96. The first-order valence-electron chi connectivity index (χ1n) is 6.96. The molecular weight excluding hydrogens is 238 g/mol. The van der Waals surface area contributed by atoms with Gasteiger partial charge in [-0.05, 0) is 43.5 Å². The molecule has 0 bridgehead atoms. The van der Waals surface area contributed by atoms with Crippen LogP contribution < -0.4 is 16.0 Å². The van der Waals surface area contributed by atoms with E-state index in [1.807, 2.05) is 7.05 Å². The summed E-state index contributed by atoms with van der Waals surface area (Å²) in [5.74, 6) is 0.298. The Labute approximate surface area is 115 Å². The van der Waals surface area contributed by atoms with E-state index < -0.39 is 0 Å². The highest BCUT2D eigenvalue weighted by atomic mass is 16.1. The number of amides is 1. The summed E-state index contributed by atoms with van der Waals surface area (Å²) in [5.41, 5.74) is 7.83. The molecule has 1 aromatic carbocycles. The predicted molar refractivity (Wildman–Crippen MR) is 78.0 cm³/mol. The number of primary amides is 1. The third-order valence-corrected chi connectivity index (χ3v) is 3.79. The van der Waals surface area contributed by atoms with Gasteiger partial charge < -0.3 is 16.0 Å². The van der Waals surface area contributed by atoms with Crippen LogP contribution in [0.5, 0.6) is 0 Å². The van der Waals surface area contributed by atoms with Crippen molar-refractivity contribution in [3.63, 3.8) is 0 Å². The van der Waals surface area contributed by atoms with Crippen molar-refractivity contribution in [3.05, 3.63) is 29.8 Å². The van der Waals surface area contributed by atoms with E-state index in [4.69, 9.17) is 5.73 Å². The molecule has 1 aliphatic rings. The Bertz CT molecular complexity index is 408. The summed E-state index contributed by atoms with van der Waals surface area (Å²) in [6.07, 6.45) is 2.65. The van der Waals surface area contributed by atoms with Gasteiger partial charge in [0.1, 0.15) is 0 Å². The van der Waals surface area contributed by atoms with Gasteiger partial charge in [0.2, 0.25) is 5.91 Å². The van der Waals surface area contributed by atoms with E-state index in [1.165, 1.54) is 11.3 Å². The molecule has 0 spiro atoms. The molecule has 1 fully saturated rings. The standard InChI is InChI=1S/C15H23N3O/c1-17-11-13-2-4-14(5-3-13)18-8-6-12(7-9-18)10-15(16)19/h2-5,12,17H,6-11H2,1H3,(H2,16,19). The zero-order valence-corrected chi connectivity index (χ0v) is 11.6. The second-order valence-electron chi connectivity index (χ2n) is 5.30. The Hall–Kier alpha value is -1.55. The molecule has 104 valence electrons. The number of piperidine rings is 1. The van der Waals surface area contributed by atoms with Crippen LogP contribution in [-0.4, -0.2) is 26.0 Å². The lowest BCUT2D eigenvalue weighted by atomic mass is 9.93. The lowest BCUT2D eigenvalue weighted by Crippen LogP contribution is -2.35. The van der Waals surface area contributed by atoms with E-state index in [2.05, 4.69) is 34.5 Å². The topological polar surface area (TPSA) is 58.4 Å². The maximum atomic E-state index is 10.9. The van der Waals surface area contributed by atoms with Crippen LogP contribution in [0.4, 0.5) is 5.69 Å². The fourth-order valence-corrected chi connectivity index (χ4v) is 2.71. The number of hydrogen-bond donors (Lipinski definition) is 2. The van der Waals surface area contributed by atoms with Crippen molar-refractivity contribution in [1.29, 1.82) is 0 Å². The molecule has 1 heterocycles. The molecule has 0 aromatic heterocycles. The number of carbonyl (C=O) groups excluding carboxylic acids is 1. The molecule has 0 aliphatic carbocycles. The molecule has 1 amide bonds. The number of nitrogens with one attached hydrogen (secondary N) is 1. The van der Waals surface area contributed by atoms with Crippen LogP contribution in [0.3, 0.4) is 0 Å². The molecule has 0 saturated carbocycles. The van der Waals surface area contributed by atoms with Gasteiger partial charge in [-0.3, -0.25) is 4.79 Å². The Kier molecular flexibility index (Phi) is 4.80. The molecule has 1 saturated heterocycles. The van der Waals surface area contributed by atoms with Gasteiger partial charge in [-0.2, -0.15) is 0 Å². The largest absolute Gasteiger partial charge is 0.372 e. The van der Waals surface area contributed by atoms with E-state index in [1.54, 1.807) is 0 Å². The smallest absolute Gasteiger partial charge is 0.217 e. The average molecular weight is 261 g/mol. The highest BCUT2D eigenvalue weighted by molar-refractivity contribution is 5.74. The molecular formula is C15H23N3O. The minimum Gasteiger partial charge on any atom is -0.372 e. The van der Waals surface area contributed by atoms with Crippen molar-refractivity contribution in [2.45, 2.75) is 25.8 Å². The van der Waals surface area contributed by atoms with E-state index in [9.17, 15) is 4.79 Å². The molecule has 2 rings (SSSR count). The monoisotopic (exact) mass is 261 g/mol. The number of hydrogen-bond acceptors (Lipinski definition) is 3. The van der Waals surface area contributed by atoms with Crippen molar-refractivity contribution in [2.75, 3.05) is 25.0 Å². The second kappa shape index (κ2) is 6.57. The lowest BCUT2D eigenvalue weighted by Gasteiger charge is -2.33. The SMILES string of the molecule is CNCc1ccc(N2CCC(CC(N)=O)CC2)cc1. The minimum absolute atomic E-state index is 0.171. The molecule has 1 aromatic rings. The Morgan fingerprint density at radius 1 is 1.32 bits per heavy atom. The van der Waals surface area contributed by atoms with Gasteiger partial charge in [-0.25, -0.2) is 0 Å². The highest BCUT2D eigenvalue weighted by Crippen LogP contribution is 2.25. The summed E-state index contributed by atoms with van der Waals surface area (Å²) in [5, 5.41) is 3.15. The Morgan fingerprint density at radius 3 is 2.47 bits per heavy atom. The van der Waals surface area contributed by atoms with Crippen molar-refractivity contribution < 1.29 is 4.79 Å². The Morgan fingerprint density at radius 2 is 1.95 bits per heavy atom. The van der Waals surface area contributed by atoms with Gasteiger partial charge in [0.25, 0.3) is 0 Å². The maximum Gasteiger partial charge on any atom is 0.217 e. The molecule has 4 heteroatoms. The summed E-state index contributed by atoms with van der Waals surface area (Å²) in [6.45, 7) is 2.94. The third-order valence-electron chi connectivity index (χ3n) is 3.79. The van der Waals surface area contributed by atoms with E-state index in [0.717, 1.165) is 32.5 Å². The predicted octanol–water partition coefficient (Wildman–Crippen LogP) is 1.50. The molecule has 19 heavy (non-hydrogen) atoms. The van der Waals surface area contributed by atoms with Gasteiger partial charge in [0, 0.05) is 31.7 Å². The summed E-state index contributed by atoms with van der Waals surface area (Å²) in [6, 6.07) is 8.70. The van der Waals surface area contributed by atoms with E-state index in [0.29, 0.717) is 12.3 Å². The number of carbonyl (C=O) groups is 1. The summed E-state index contributed by atoms with van der Waals surface area (Å²) in [4.78, 5) is 13.3. The molecule has 1 aliphatic heterocycles. The van der Waals surface area contributed by atoms with E-state index >= 15 is 0 Å². The molecule has 0 radical (unpaired) electrons. The first kappa shape index (κ1) is 13.9. The van der Waals surface area contributed by atoms with Crippen molar-refractivity contribution in [2.24, 2.45) is 11.7 Å². The van der Waals surface area contributed by atoms with E-state index in [-0.39, 0.29) is 5.91 Å². The molecule has 0 atom stereocenters. The van der Waals surface area contributed by atoms with Crippen LogP contribution in [0.25, 0.3) is 0 Å². The zero-order valence-electron chi connectivity index (χ0n) is 11.6. The van der Waals surface area contributed by atoms with Crippen LogP contribution >= 0.6 is 0 Å². The number of nitrogens with zero attached hydrogens (tertiary/aromatic N) is 1. The number of anilines is 1. The molecule has 3 N–H and O–H groups in total. The zero-order chi connectivity index (χ0) is 13.7. The average Bonchev–Trinajstić information content (AvgIpc) is 2.40. The maximum absolute atomic E-state index is 10.9. The van der Waals surface area contributed by atoms with Crippen LogP contribution in [0.15, 0.2) is 24.3 Å². The van der Waals surface area contributed by atoms with Gasteiger partial charge in [-0.1, -0.05) is 12.1 Å². The fraction of sp³-hybridized carbons (Fsp3) is 0.533. The second-order valence-corrected chi connectivity index (χ2v) is 5.30. The van der Waals surface area contributed by atoms with Gasteiger partial charge >= 0.3 is 0 Å². The number of rotatable bonds is 5. The minimum atomic E-state index is -0.171. The van der Waals surface area contributed by atoms with Crippen LogP contribution in [0, 0.1) is 5.92 Å². The van der Waals surface area contributed by atoms with Crippen molar-refractivity contribution >= 4 is 11.6 Å². The van der Waals surface area contributed by atoms with Crippen molar-refractivity contribution in [3.8, 4) is 0 Å². The Balaban J connectivity index is 1.88. The van der Waals surface area contributed by atoms with Gasteiger partial charge in [0.05, 0.1) is 0 Å². The summed E-state index contributed by atoms with van der Waals surface area (Å²) < 4.78 is 0. The molecule has 0 unspecified atom stereocenters. The van der Waals surface area contributed by atoms with Crippen LogP contribution in [0.2, 0.25) is 0 Å². The number of nitrogens with two attached hydrogens (primary N) is 1. The van der Waals surface area contributed by atoms with Crippen LogP contribution in [0.1, 0.15) is 24.8 Å². The fourth-order valence-electron chi connectivity index (χ4n) is 2.71. The highest BCUT2D eigenvalue weighted by Gasteiger charge is 2.20. The van der Waals surface area contributed by atoms with Crippen LogP contribution in [-0.2, 0) is 11.3 Å². The number of benzene rings is 1. The first-order chi connectivity index (χ1) is 9.19. The quantitative estimate of drug-likeness (QED) is 0.844. The van der Waals surface area contributed by atoms with Crippen molar-refractivity contribution in [1.82, 2.24) is 5.32 Å². The molecule has 4 nitrogen and oxygen atoms in total. The summed E-state index contributed by atoms with van der Waals surface area (Å²) >= 11 is 0. The normalized spacial score (nSPS) is 16.6. The van der Waals surface area contributed by atoms with Gasteiger partial charge in [-0.15, -0.1) is 0 Å². The van der Waals surface area contributed by atoms with Gasteiger partial charge in [0.15, 0.2) is 0 Å². The first-order valence-corrected chi connectivity index (χ1v) is 6.96.